The molecule has 0 saturated carbocycles. The Morgan fingerprint density at radius 2 is 1.80 bits per heavy atom. The number of hydrogen-bond acceptors (Lipinski definition) is 3. The Hall–Kier alpha value is -1.88. The SMILES string of the molecule is CC(=O)NCCC(=O)N1CCCC1C1CCCN1Cc1ccccc1. The van der Waals surface area contributed by atoms with E-state index in [0.717, 1.165) is 32.5 Å². The molecule has 2 aliphatic rings. The summed E-state index contributed by atoms with van der Waals surface area (Å²) in [4.78, 5) is 28.2. The van der Waals surface area contributed by atoms with Gasteiger partial charge in [0.05, 0.1) is 0 Å². The monoisotopic (exact) mass is 343 g/mol. The first-order valence-corrected chi connectivity index (χ1v) is 9.47. The molecule has 5 nitrogen and oxygen atoms in total. The molecule has 136 valence electrons. The Morgan fingerprint density at radius 1 is 1.08 bits per heavy atom. The molecule has 1 N–H and O–H groups in total. The van der Waals surface area contributed by atoms with Crippen LogP contribution in [0.3, 0.4) is 0 Å². The van der Waals surface area contributed by atoms with Crippen molar-refractivity contribution < 1.29 is 9.59 Å². The summed E-state index contributed by atoms with van der Waals surface area (Å²) in [5.41, 5.74) is 1.34. The first-order valence-electron chi connectivity index (χ1n) is 9.47. The van der Waals surface area contributed by atoms with Crippen LogP contribution in [0.2, 0.25) is 0 Å². The van der Waals surface area contributed by atoms with E-state index < -0.39 is 0 Å². The average Bonchev–Trinajstić information content (AvgIpc) is 3.24. The lowest BCUT2D eigenvalue weighted by Crippen LogP contribution is -2.48. The van der Waals surface area contributed by atoms with Crippen LogP contribution in [0.1, 0.15) is 44.6 Å². The van der Waals surface area contributed by atoms with E-state index in [2.05, 4.69) is 45.4 Å². The summed E-state index contributed by atoms with van der Waals surface area (Å²) >= 11 is 0. The van der Waals surface area contributed by atoms with Gasteiger partial charge in [0.25, 0.3) is 0 Å². The molecule has 0 aliphatic carbocycles. The van der Waals surface area contributed by atoms with Gasteiger partial charge in [-0.15, -0.1) is 0 Å². The zero-order valence-electron chi connectivity index (χ0n) is 15.1. The number of amides is 2. The maximum atomic E-state index is 12.6. The van der Waals surface area contributed by atoms with Gasteiger partial charge in [-0.25, -0.2) is 0 Å². The number of nitrogens with one attached hydrogen (secondary N) is 1. The van der Waals surface area contributed by atoms with Crippen LogP contribution in [0.15, 0.2) is 30.3 Å². The molecule has 0 spiro atoms. The van der Waals surface area contributed by atoms with Crippen molar-refractivity contribution in [3.8, 4) is 0 Å². The Labute approximate surface area is 150 Å². The number of carbonyl (C=O) groups excluding carboxylic acids is 2. The number of benzene rings is 1. The second-order valence-corrected chi connectivity index (χ2v) is 7.20. The van der Waals surface area contributed by atoms with Gasteiger partial charge in [0.15, 0.2) is 0 Å². The molecule has 2 aliphatic heterocycles. The fourth-order valence-corrected chi connectivity index (χ4v) is 4.29. The number of carbonyl (C=O) groups is 2. The second-order valence-electron chi connectivity index (χ2n) is 7.20. The molecule has 2 atom stereocenters. The minimum atomic E-state index is -0.0735. The maximum Gasteiger partial charge on any atom is 0.224 e. The predicted molar refractivity (Wildman–Crippen MR) is 97.9 cm³/mol. The van der Waals surface area contributed by atoms with Crippen molar-refractivity contribution in [3.63, 3.8) is 0 Å². The van der Waals surface area contributed by atoms with Crippen LogP contribution in [0.4, 0.5) is 0 Å². The minimum Gasteiger partial charge on any atom is -0.356 e. The van der Waals surface area contributed by atoms with E-state index in [1.54, 1.807) is 0 Å². The highest BCUT2D eigenvalue weighted by Gasteiger charge is 2.39. The second kappa shape index (κ2) is 8.48. The summed E-state index contributed by atoms with van der Waals surface area (Å²) in [5, 5.41) is 2.73. The van der Waals surface area contributed by atoms with E-state index in [-0.39, 0.29) is 11.8 Å². The third-order valence-electron chi connectivity index (χ3n) is 5.42. The number of rotatable bonds is 6. The van der Waals surface area contributed by atoms with Gasteiger partial charge in [0.2, 0.25) is 11.8 Å². The Balaban J connectivity index is 1.60. The molecule has 0 bridgehead atoms. The molecule has 3 rings (SSSR count). The van der Waals surface area contributed by atoms with Crippen LogP contribution in [0, 0.1) is 0 Å². The van der Waals surface area contributed by atoms with Crippen molar-refractivity contribution in [2.24, 2.45) is 0 Å². The van der Waals surface area contributed by atoms with Gasteiger partial charge in [-0.2, -0.15) is 0 Å². The average molecular weight is 343 g/mol. The van der Waals surface area contributed by atoms with Crippen molar-refractivity contribution in [1.29, 1.82) is 0 Å². The van der Waals surface area contributed by atoms with Crippen LogP contribution in [-0.4, -0.2) is 53.3 Å². The molecule has 1 aromatic rings. The minimum absolute atomic E-state index is 0.0735. The smallest absolute Gasteiger partial charge is 0.224 e. The van der Waals surface area contributed by atoms with Crippen molar-refractivity contribution >= 4 is 11.8 Å². The van der Waals surface area contributed by atoms with Gasteiger partial charge in [0, 0.05) is 45.1 Å². The molecule has 5 heteroatoms. The van der Waals surface area contributed by atoms with E-state index in [0.29, 0.717) is 25.0 Å². The van der Waals surface area contributed by atoms with Crippen molar-refractivity contribution in [1.82, 2.24) is 15.1 Å². The van der Waals surface area contributed by atoms with E-state index in [1.165, 1.54) is 25.3 Å². The number of likely N-dealkylation sites (tertiary alicyclic amines) is 2. The first kappa shape index (κ1) is 17.9. The third kappa shape index (κ3) is 4.60. The maximum absolute atomic E-state index is 12.6. The Bertz CT molecular complexity index is 590. The third-order valence-corrected chi connectivity index (χ3v) is 5.42. The lowest BCUT2D eigenvalue weighted by Gasteiger charge is -2.35. The standard InChI is InChI=1S/C20H29N3O2/c1-16(24)21-12-11-20(25)23-14-6-10-19(23)18-9-5-13-22(18)15-17-7-3-2-4-8-17/h2-4,7-8,18-19H,5-6,9-15H2,1H3,(H,21,24). The zero-order chi connectivity index (χ0) is 17.6. The number of nitrogens with zero attached hydrogens (tertiary/aromatic N) is 2. The molecule has 0 aromatic heterocycles. The summed E-state index contributed by atoms with van der Waals surface area (Å²) < 4.78 is 0. The topological polar surface area (TPSA) is 52.7 Å². The van der Waals surface area contributed by atoms with Crippen molar-refractivity contribution in [2.45, 2.75) is 57.7 Å². The Morgan fingerprint density at radius 3 is 2.56 bits per heavy atom. The Kier molecular flexibility index (Phi) is 6.08. The van der Waals surface area contributed by atoms with Gasteiger partial charge in [-0.05, 0) is 37.8 Å². The molecule has 25 heavy (non-hydrogen) atoms. The molecule has 2 amide bonds. The zero-order valence-corrected chi connectivity index (χ0v) is 15.1. The fourth-order valence-electron chi connectivity index (χ4n) is 4.29. The van der Waals surface area contributed by atoms with Crippen molar-refractivity contribution in [2.75, 3.05) is 19.6 Å². The highest BCUT2D eigenvalue weighted by molar-refractivity contribution is 5.78. The molecule has 2 unspecified atom stereocenters. The molecule has 2 heterocycles. The van der Waals surface area contributed by atoms with Crippen LogP contribution >= 0.6 is 0 Å². The summed E-state index contributed by atoms with van der Waals surface area (Å²) in [7, 11) is 0. The lowest BCUT2D eigenvalue weighted by molar-refractivity contribution is -0.133. The summed E-state index contributed by atoms with van der Waals surface area (Å²) in [5.74, 6) is 0.110. The van der Waals surface area contributed by atoms with E-state index in [4.69, 9.17) is 0 Å². The van der Waals surface area contributed by atoms with Gasteiger partial charge in [0.1, 0.15) is 0 Å². The van der Waals surface area contributed by atoms with Crippen LogP contribution < -0.4 is 5.32 Å². The fraction of sp³-hybridized carbons (Fsp3) is 0.600. The lowest BCUT2D eigenvalue weighted by atomic mass is 10.0. The highest BCUT2D eigenvalue weighted by Crippen LogP contribution is 2.31. The summed E-state index contributed by atoms with van der Waals surface area (Å²) in [6.45, 7) is 4.87. The molecule has 0 radical (unpaired) electrons. The summed E-state index contributed by atoms with van der Waals surface area (Å²) in [6.07, 6.45) is 4.98. The van der Waals surface area contributed by atoms with Crippen molar-refractivity contribution in [3.05, 3.63) is 35.9 Å². The van der Waals surface area contributed by atoms with Gasteiger partial charge in [-0.3, -0.25) is 14.5 Å². The van der Waals surface area contributed by atoms with Gasteiger partial charge < -0.3 is 10.2 Å². The predicted octanol–water partition coefficient (Wildman–Crippen LogP) is 2.17. The van der Waals surface area contributed by atoms with E-state index in [9.17, 15) is 9.59 Å². The van der Waals surface area contributed by atoms with Crippen LogP contribution in [0.25, 0.3) is 0 Å². The van der Waals surface area contributed by atoms with Crippen LogP contribution in [0.5, 0.6) is 0 Å². The molecule has 1 aromatic carbocycles. The largest absolute Gasteiger partial charge is 0.356 e. The quantitative estimate of drug-likeness (QED) is 0.861. The molecular weight excluding hydrogens is 314 g/mol. The molecular formula is C20H29N3O2. The van der Waals surface area contributed by atoms with Gasteiger partial charge >= 0.3 is 0 Å². The van der Waals surface area contributed by atoms with E-state index in [1.807, 2.05) is 0 Å². The molecule has 2 saturated heterocycles. The van der Waals surface area contributed by atoms with E-state index >= 15 is 0 Å². The van der Waals surface area contributed by atoms with Gasteiger partial charge in [-0.1, -0.05) is 30.3 Å². The first-order chi connectivity index (χ1) is 12.1. The number of hydrogen-bond donors (Lipinski definition) is 1. The highest BCUT2D eigenvalue weighted by atomic mass is 16.2. The summed E-state index contributed by atoms with van der Waals surface area (Å²) in [6, 6.07) is 11.4. The normalized spacial score (nSPS) is 23.8. The molecule has 2 fully saturated rings. The van der Waals surface area contributed by atoms with Crippen LogP contribution in [-0.2, 0) is 16.1 Å².